The molecule has 37 heavy (non-hydrogen) atoms. The van der Waals surface area contributed by atoms with E-state index in [0.717, 1.165) is 68.6 Å². The van der Waals surface area contributed by atoms with Crippen molar-refractivity contribution in [3.05, 3.63) is 0 Å². The standard InChI is InChI=1S/C33H63N3O/c1-23(2)9-6-10-24(3)27-11-12-28-31-29(14-16-33(27,28)5)32(4)15-13-26(21-25(32)22-30(31)37)36-20-8-19-35-18-7-17-34/h23-31,35-37H,6-22,34H2,1-5H3/t24-,25?,26+,27?,28?,29?,30-,31?,32+,33-/m1/s1. The van der Waals surface area contributed by atoms with Gasteiger partial charge in [0.05, 0.1) is 6.10 Å². The van der Waals surface area contributed by atoms with Crippen molar-refractivity contribution in [3.63, 3.8) is 0 Å². The van der Waals surface area contributed by atoms with Crippen molar-refractivity contribution >= 4 is 0 Å². The van der Waals surface area contributed by atoms with E-state index in [-0.39, 0.29) is 6.10 Å². The number of fused-ring (bicyclic) bond motifs is 5. The lowest BCUT2D eigenvalue weighted by molar-refractivity contribution is -0.167. The quantitative estimate of drug-likeness (QED) is 0.214. The summed E-state index contributed by atoms with van der Waals surface area (Å²) in [6.07, 6.45) is 16.9. The summed E-state index contributed by atoms with van der Waals surface area (Å²) in [7, 11) is 0. The third-order valence-corrected chi connectivity index (χ3v) is 12.4. The molecule has 0 aromatic rings. The van der Waals surface area contributed by atoms with Crippen LogP contribution in [0, 0.1) is 52.3 Å². The van der Waals surface area contributed by atoms with Gasteiger partial charge in [-0.3, -0.25) is 0 Å². The summed E-state index contributed by atoms with van der Waals surface area (Å²) in [4.78, 5) is 0. The van der Waals surface area contributed by atoms with Crippen LogP contribution < -0.4 is 16.4 Å². The van der Waals surface area contributed by atoms with Gasteiger partial charge in [0.2, 0.25) is 0 Å². The second-order valence-corrected chi connectivity index (χ2v) is 15.0. The monoisotopic (exact) mass is 517 g/mol. The molecule has 0 aromatic carbocycles. The normalized spacial score (nSPS) is 42.3. The van der Waals surface area contributed by atoms with Crippen molar-refractivity contribution in [3.8, 4) is 0 Å². The minimum absolute atomic E-state index is 0.0757. The minimum Gasteiger partial charge on any atom is -0.393 e. The Hall–Kier alpha value is -0.160. The van der Waals surface area contributed by atoms with Crippen LogP contribution in [0.1, 0.15) is 118 Å². The fourth-order valence-electron chi connectivity index (χ4n) is 10.3. The molecule has 4 saturated carbocycles. The third-order valence-electron chi connectivity index (χ3n) is 12.4. The molecule has 0 saturated heterocycles. The molecule has 0 amide bonds. The van der Waals surface area contributed by atoms with Gasteiger partial charge in [0.25, 0.3) is 0 Å². The van der Waals surface area contributed by atoms with E-state index in [0.29, 0.717) is 28.7 Å². The van der Waals surface area contributed by atoms with Crippen LogP contribution in [0.5, 0.6) is 0 Å². The Kier molecular flexibility index (Phi) is 10.5. The molecule has 0 spiro atoms. The maximum Gasteiger partial charge on any atom is 0.0577 e. The number of rotatable bonds is 13. The molecule has 0 bridgehead atoms. The summed E-state index contributed by atoms with van der Waals surface area (Å²) in [5, 5.41) is 19.1. The average molecular weight is 518 g/mol. The molecule has 4 aliphatic rings. The SMILES string of the molecule is CC(C)CCC[C@@H](C)C1CCC2C3C(CC[C@@]21C)[C@@]1(C)CC[C@H](NCCCNCCCN)CC1C[C@H]3O. The summed E-state index contributed by atoms with van der Waals surface area (Å²) in [5.41, 5.74) is 6.48. The zero-order valence-corrected chi connectivity index (χ0v) is 25.2. The molecule has 10 atom stereocenters. The van der Waals surface area contributed by atoms with Crippen molar-refractivity contribution in [2.45, 2.75) is 130 Å². The van der Waals surface area contributed by atoms with Gasteiger partial charge >= 0.3 is 0 Å². The van der Waals surface area contributed by atoms with Crippen molar-refractivity contribution in [1.29, 1.82) is 0 Å². The topological polar surface area (TPSA) is 70.3 Å². The molecule has 216 valence electrons. The second kappa shape index (κ2) is 13.0. The van der Waals surface area contributed by atoms with Gasteiger partial charge in [-0.2, -0.15) is 0 Å². The first-order valence-corrected chi connectivity index (χ1v) is 16.5. The summed E-state index contributed by atoms with van der Waals surface area (Å²) in [6, 6.07) is 0.641. The van der Waals surface area contributed by atoms with Crippen molar-refractivity contribution in [2.24, 2.45) is 58.0 Å². The van der Waals surface area contributed by atoms with Crippen LogP contribution in [0.2, 0.25) is 0 Å². The molecule has 4 nitrogen and oxygen atoms in total. The highest BCUT2D eigenvalue weighted by Gasteiger charge is 2.62. The molecular formula is C33H63N3O. The van der Waals surface area contributed by atoms with Gasteiger partial charge in [-0.05, 0) is 143 Å². The predicted octanol–water partition coefficient (Wildman–Crippen LogP) is 6.37. The lowest BCUT2D eigenvalue weighted by atomic mass is 9.43. The Balaban J connectivity index is 1.33. The van der Waals surface area contributed by atoms with E-state index in [1.807, 2.05) is 0 Å². The Morgan fingerprint density at radius 2 is 1.57 bits per heavy atom. The zero-order chi connectivity index (χ0) is 26.6. The van der Waals surface area contributed by atoms with E-state index in [4.69, 9.17) is 5.73 Å². The Labute approximate surface area is 230 Å². The predicted molar refractivity (Wildman–Crippen MR) is 157 cm³/mol. The Morgan fingerprint density at radius 1 is 0.838 bits per heavy atom. The number of nitrogens with one attached hydrogen (secondary N) is 2. The maximum atomic E-state index is 11.7. The molecule has 0 aliphatic heterocycles. The largest absolute Gasteiger partial charge is 0.393 e. The highest BCUT2D eigenvalue weighted by molar-refractivity contribution is 5.12. The van der Waals surface area contributed by atoms with Crippen molar-refractivity contribution in [1.82, 2.24) is 10.6 Å². The number of aliphatic hydroxyl groups is 1. The van der Waals surface area contributed by atoms with Crippen LogP contribution >= 0.6 is 0 Å². The molecule has 0 radical (unpaired) electrons. The second-order valence-electron chi connectivity index (χ2n) is 15.0. The van der Waals surface area contributed by atoms with Gasteiger partial charge in [0.1, 0.15) is 0 Å². The van der Waals surface area contributed by atoms with E-state index >= 15 is 0 Å². The number of aliphatic hydroxyl groups excluding tert-OH is 1. The van der Waals surface area contributed by atoms with Crippen molar-refractivity contribution in [2.75, 3.05) is 26.2 Å². The number of hydrogen-bond donors (Lipinski definition) is 4. The van der Waals surface area contributed by atoms with Crippen LogP contribution in [0.25, 0.3) is 0 Å². The lowest BCUT2D eigenvalue weighted by Gasteiger charge is -2.62. The smallest absolute Gasteiger partial charge is 0.0577 e. The number of nitrogens with two attached hydrogens (primary N) is 1. The van der Waals surface area contributed by atoms with Gasteiger partial charge in [-0.15, -0.1) is 0 Å². The van der Waals surface area contributed by atoms with Gasteiger partial charge in [-0.25, -0.2) is 0 Å². The van der Waals surface area contributed by atoms with E-state index in [2.05, 4.69) is 45.3 Å². The first-order valence-electron chi connectivity index (χ1n) is 16.5. The Morgan fingerprint density at radius 3 is 2.32 bits per heavy atom. The van der Waals surface area contributed by atoms with E-state index in [1.165, 1.54) is 70.6 Å². The highest BCUT2D eigenvalue weighted by Crippen LogP contribution is 2.68. The van der Waals surface area contributed by atoms with Gasteiger partial charge in [-0.1, -0.05) is 53.9 Å². The third kappa shape index (κ3) is 6.44. The molecule has 0 heterocycles. The average Bonchev–Trinajstić information content (AvgIpc) is 3.21. The van der Waals surface area contributed by atoms with E-state index < -0.39 is 0 Å². The number of hydrogen-bond acceptors (Lipinski definition) is 4. The maximum absolute atomic E-state index is 11.7. The van der Waals surface area contributed by atoms with Gasteiger partial charge in [0, 0.05) is 6.04 Å². The molecule has 0 aromatic heterocycles. The molecule has 4 heteroatoms. The molecule has 4 aliphatic carbocycles. The molecular weight excluding hydrogens is 454 g/mol. The molecule has 5 N–H and O–H groups in total. The van der Waals surface area contributed by atoms with E-state index in [9.17, 15) is 5.11 Å². The summed E-state index contributed by atoms with van der Waals surface area (Å²) >= 11 is 0. The summed E-state index contributed by atoms with van der Waals surface area (Å²) in [5.74, 6) is 5.27. The fourth-order valence-corrected chi connectivity index (χ4v) is 10.3. The highest BCUT2D eigenvalue weighted by atomic mass is 16.3. The summed E-state index contributed by atoms with van der Waals surface area (Å²) < 4.78 is 0. The Bertz CT molecular complexity index is 699. The van der Waals surface area contributed by atoms with E-state index in [1.54, 1.807) is 0 Å². The molecule has 4 fully saturated rings. The van der Waals surface area contributed by atoms with Gasteiger partial charge in [0.15, 0.2) is 0 Å². The molecule has 4 rings (SSSR count). The van der Waals surface area contributed by atoms with Crippen LogP contribution in [-0.2, 0) is 0 Å². The summed E-state index contributed by atoms with van der Waals surface area (Å²) in [6.45, 7) is 16.6. The first kappa shape index (κ1) is 29.8. The minimum atomic E-state index is -0.0757. The van der Waals surface area contributed by atoms with Crippen LogP contribution in [-0.4, -0.2) is 43.4 Å². The van der Waals surface area contributed by atoms with Crippen molar-refractivity contribution < 1.29 is 5.11 Å². The van der Waals surface area contributed by atoms with Crippen LogP contribution in [0.3, 0.4) is 0 Å². The molecule has 5 unspecified atom stereocenters. The van der Waals surface area contributed by atoms with Gasteiger partial charge < -0.3 is 21.5 Å². The lowest BCUT2D eigenvalue weighted by Crippen LogP contribution is -2.59. The fraction of sp³-hybridized carbons (Fsp3) is 1.00. The van der Waals surface area contributed by atoms with Crippen LogP contribution in [0.4, 0.5) is 0 Å². The zero-order valence-electron chi connectivity index (χ0n) is 25.2. The first-order chi connectivity index (χ1) is 17.7. The van der Waals surface area contributed by atoms with Crippen LogP contribution in [0.15, 0.2) is 0 Å².